The molecule has 1 rings (SSSR count). The summed E-state index contributed by atoms with van der Waals surface area (Å²) in [6.45, 7) is 2.62. The van der Waals surface area contributed by atoms with E-state index >= 15 is 0 Å². The molecule has 0 spiro atoms. The van der Waals surface area contributed by atoms with Crippen LogP contribution in [-0.2, 0) is 19.1 Å². The Kier molecular flexibility index (Phi) is 6.67. The molecule has 1 aliphatic carbocycles. The van der Waals surface area contributed by atoms with Crippen molar-refractivity contribution in [3.05, 3.63) is 0 Å². The van der Waals surface area contributed by atoms with Crippen LogP contribution in [0.4, 0.5) is 0 Å². The minimum Gasteiger partial charge on any atom is -0.466 e. The molecule has 0 heterocycles. The molecule has 0 unspecified atom stereocenters. The van der Waals surface area contributed by atoms with Gasteiger partial charge in [0.15, 0.2) is 0 Å². The van der Waals surface area contributed by atoms with E-state index in [1.165, 1.54) is 19.3 Å². The van der Waals surface area contributed by atoms with E-state index in [-0.39, 0.29) is 24.8 Å². The molecule has 1 saturated carbocycles. The Labute approximate surface area is 103 Å². The standard InChI is InChI=1S/C13H22O4/c1-2-16-12(14)8-9-13(15)17-10-11-6-4-3-5-7-11/h11H,2-10H2,1H3. The first-order valence-corrected chi connectivity index (χ1v) is 6.53. The molecule has 17 heavy (non-hydrogen) atoms. The topological polar surface area (TPSA) is 52.6 Å². The molecule has 0 bridgehead atoms. The predicted octanol–water partition coefficient (Wildman–Crippen LogP) is 2.45. The van der Waals surface area contributed by atoms with Crippen molar-refractivity contribution in [3.63, 3.8) is 0 Å². The summed E-state index contributed by atoms with van der Waals surface area (Å²) in [5, 5.41) is 0. The maximum absolute atomic E-state index is 11.4. The molecule has 0 saturated heterocycles. The van der Waals surface area contributed by atoms with Gasteiger partial charge in [0, 0.05) is 0 Å². The summed E-state index contributed by atoms with van der Waals surface area (Å²) in [5.74, 6) is -0.0963. The Hall–Kier alpha value is -1.06. The van der Waals surface area contributed by atoms with Gasteiger partial charge in [-0.25, -0.2) is 0 Å². The second-order valence-electron chi connectivity index (χ2n) is 4.49. The molecule has 0 aliphatic heterocycles. The molecular weight excluding hydrogens is 220 g/mol. The van der Waals surface area contributed by atoms with Gasteiger partial charge >= 0.3 is 11.9 Å². The second kappa shape index (κ2) is 8.09. The third kappa shape index (κ3) is 6.29. The van der Waals surface area contributed by atoms with E-state index in [2.05, 4.69) is 0 Å². The van der Waals surface area contributed by atoms with E-state index < -0.39 is 0 Å². The SMILES string of the molecule is CCOC(=O)CCC(=O)OCC1CCCCC1. The van der Waals surface area contributed by atoms with E-state index in [1.54, 1.807) is 6.92 Å². The molecule has 0 aromatic carbocycles. The Morgan fingerprint density at radius 2 is 1.59 bits per heavy atom. The predicted molar refractivity (Wildman–Crippen MR) is 63.4 cm³/mol. The van der Waals surface area contributed by atoms with Crippen LogP contribution in [0, 0.1) is 5.92 Å². The number of hydrogen-bond acceptors (Lipinski definition) is 4. The third-order valence-corrected chi connectivity index (χ3v) is 3.04. The fourth-order valence-corrected chi connectivity index (χ4v) is 2.07. The highest BCUT2D eigenvalue weighted by Gasteiger charge is 2.16. The van der Waals surface area contributed by atoms with Crippen LogP contribution in [0.25, 0.3) is 0 Å². The van der Waals surface area contributed by atoms with Gasteiger partial charge in [-0.15, -0.1) is 0 Å². The molecule has 0 aromatic rings. The van der Waals surface area contributed by atoms with Gasteiger partial charge in [0.2, 0.25) is 0 Å². The van der Waals surface area contributed by atoms with Crippen molar-refractivity contribution < 1.29 is 19.1 Å². The van der Waals surface area contributed by atoms with Gasteiger partial charge < -0.3 is 9.47 Å². The zero-order valence-corrected chi connectivity index (χ0v) is 10.6. The minimum absolute atomic E-state index is 0.122. The first-order chi connectivity index (χ1) is 8.22. The summed E-state index contributed by atoms with van der Waals surface area (Å²) in [4.78, 5) is 22.4. The summed E-state index contributed by atoms with van der Waals surface area (Å²) in [6, 6.07) is 0. The number of hydrogen-bond donors (Lipinski definition) is 0. The van der Waals surface area contributed by atoms with Crippen LogP contribution in [0.1, 0.15) is 51.9 Å². The average Bonchev–Trinajstić information content (AvgIpc) is 2.35. The lowest BCUT2D eigenvalue weighted by atomic mass is 9.90. The number of ether oxygens (including phenoxy) is 2. The summed E-state index contributed by atoms with van der Waals surface area (Å²) >= 11 is 0. The van der Waals surface area contributed by atoms with E-state index in [0.717, 1.165) is 12.8 Å². The number of rotatable bonds is 6. The first-order valence-electron chi connectivity index (χ1n) is 6.53. The van der Waals surface area contributed by atoms with Gasteiger partial charge in [0.05, 0.1) is 26.1 Å². The molecule has 4 nitrogen and oxygen atoms in total. The van der Waals surface area contributed by atoms with Crippen molar-refractivity contribution in [3.8, 4) is 0 Å². The summed E-state index contributed by atoms with van der Waals surface area (Å²) < 4.78 is 9.90. The molecule has 0 N–H and O–H groups in total. The van der Waals surface area contributed by atoms with Gasteiger partial charge in [0.1, 0.15) is 0 Å². The number of carbonyl (C=O) groups excluding carboxylic acids is 2. The van der Waals surface area contributed by atoms with Crippen LogP contribution in [0.15, 0.2) is 0 Å². The zero-order chi connectivity index (χ0) is 12.5. The summed E-state index contributed by atoms with van der Waals surface area (Å²) in [5.41, 5.74) is 0. The van der Waals surface area contributed by atoms with Gasteiger partial charge in [-0.2, -0.15) is 0 Å². The smallest absolute Gasteiger partial charge is 0.306 e. The summed E-state index contributed by atoms with van der Waals surface area (Å²) in [7, 11) is 0. The van der Waals surface area contributed by atoms with Gasteiger partial charge in [0.25, 0.3) is 0 Å². The highest BCUT2D eigenvalue weighted by atomic mass is 16.5. The van der Waals surface area contributed by atoms with Crippen LogP contribution in [-0.4, -0.2) is 25.2 Å². The van der Waals surface area contributed by atoms with Gasteiger partial charge in [-0.05, 0) is 25.7 Å². The molecule has 4 heteroatoms. The van der Waals surface area contributed by atoms with Crippen LogP contribution in [0.3, 0.4) is 0 Å². The van der Waals surface area contributed by atoms with Crippen molar-refractivity contribution in [1.29, 1.82) is 0 Å². The molecule has 0 amide bonds. The van der Waals surface area contributed by atoms with Crippen molar-refractivity contribution in [2.24, 2.45) is 5.92 Å². The largest absolute Gasteiger partial charge is 0.466 e. The molecular formula is C13H22O4. The summed E-state index contributed by atoms with van der Waals surface area (Å²) in [6.07, 6.45) is 6.35. The van der Waals surface area contributed by atoms with Crippen LogP contribution in [0.5, 0.6) is 0 Å². The van der Waals surface area contributed by atoms with E-state index in [1.807, 2.05) is 0 Å². The van der Waals surface area contributed by atoms with Crippen LogP contribution in [0.2, 0.25) is 0 Å². The molecule has 0 aromatic heterocycles. The lowest BCUT2D eigenvalue weighted by Gasteiger charge is -2.20. The Morgan fingerprint density at radius 1 is 1.00 bits per heavy atom. The molecule has 0 atom stereocenters. The minimum atomic E-state index is -0.331. The zero-order valence-electron chi connectivity index (χ0n) is 10.6. The van der Waals surface area contributed by atoms with E-state index in [0.29, 0.717) is 19.1 Å². The fourth-order valence-electron chi connectivity index (χ4n) is 2.07. The Bertz CT molecular complexity index is 244. The highest BCUT2D eigenvalue weighted by molar-refractivity contribution is 5.77. The number of carbonyl (C=O) groups is 2. The number of esters is 2. The van der Waals surface area contributed by atoms with Gasteiger partial charge in [-0.3, -0.25) is 9.59 Å². The fraction of sp³-hybridized carbons (Fsp3) is 0.846. The third-order valence-electron chi connectivity index (χ3n) is 3.04. The van der Waals surface area contributed by atoms with Gasteiger partial charge in [-0.1, -0.05) is 19.3 Å². The molecule has 1 fully saturated rings. The first kappa shape index (κ1) is 14.0. The van der Waals surface area contributed by atoms with Crippen molar-refractivity contribution in [2.75, 3.05) is 13.2 Å². The lowest BCUT2D eigenvalue weighted by Crippen LogP contribution is -2.17. The van der Waals surface area contributed by atoms with Crippen molar-refractivity contribution in [2.45, 2.75) is 51.9 Å². The molecule has 98 valence electrons. The van der Waals surface area contributed by atoms with E-state index in [9.17, 15) is 9.59 Å². The quantitative estimate of drug-likeness (QED) is 0.671. The average molecular weight is 242 g/mol. The van der Waals surface area contributed by atoms with Crippen molar-refractivity contribution in [1.82, 2.24) is 0 Å². The monoisotopic (exact) mass is 242 g/mol. The maximum atomic E-state index is 11.4. The van der Waals surface area contributed by atoms with Crippen LogP contribution < -0.4 is 0 Å². The second-order valence-corrected chi connectivity index (χ2v) is 4.49. The van der Waals surface area contributed by atoms with E-state index in [4.69, 9.17) is 9.47 Å². The molecule has 0 radical (unpaired) electrons. The molecule has 1 aliphatic rings. The Balaban J connectivity index is 2.06. The normalized spacial score (nSPS) is 16.5. The lowest BCUT2D eigenvalue weighted by molar-refractivity contribution is -0.151. The maximum Gasteiger partial charge on any atom is 0.306 e. The Morgan fingerprint density at radius 3 is 2.18 bits per heavy atom. The highest BCUT2D eigenvalue weighted by Crippen LogP contribution is 2.23. The van der Waals surface area contributed by atoms with Crippen molar-refractivity contribution >= 4 is 11.9 Å². The van der Waals surface area contributed by atoms with Crippen LogP contribution >= 0.6 is 0 Å².